The van der Waals surface area contributed by atoms with Gasteiger partial charge in [0.05, 0.1) is 12.7 Å². The molecular formula is C10H15BrN4O4S2. The summed E-state index contributed by atoms with van der Waals surface area (Å²) in [7, 11) is -3.74. The summed E-state index contributed by atoms with van der Waals surface area (Å²) in [6.45, 7) is 3.68. The molecule has 2 heterocycles. The number of amides is 1. The number of nitrogens with zero attached hydrogens (tertiary/aromatic N) is 3. The van der Waals surface area contributed by atoms with Crippen LogP contribution in [0.1, 0.15) is 13.8 Å². The van der Waals surface area contributed by atoms with Crippen LogP contribution in [0, 0.1) is 0 Å². The lowest BCUT2D eigenvalue weighted by Gasteiger charge is -2.35. The van der Waals surface area contributed by atoms with Crippen molar-refractivity contribution < 1.29 is 17.9 Å². The first-order valence-corrected chi connectivity index (χ1v) is 9.53. The van der Waals surface area contributed by atoms with E-state index in [1.54, 1.807) is 6.92 Å². The molecule has 2 atom stereocenters. The number of hydrogen-bond acceptors (Lipinski definition) is 7. The van der Waals surface area contributed by atoms with Crippen LogP contribution in [0.15, 0.2) is 4.34 Å². The number of aromatic nitrogens is 2. The number of alkyl halides is 1. The van der Waals surface area contributed by atoms with E-state index in [2.05, 4.69) is 31.4 Å². The third-order valence-corrected chi connectivity index (χ3v) is 6.73. The molecule has 11 heteroatoms. The Bertz CT molecular complexity index is 620. The lowest BCUT2D eigenvalue weighted by molar-refractivity contribution is -0.114. The van der Waals surface area contributed by atoms with Crippen LogP contribution in [0.5, 0.6) is 0 Å². The normalized spacial score (nSPS) is 24.0. The van der Waals surface area contributed by atoms with Gasteiger partial charge in [-0.1, -0.05) is 27.3 Å². The highest BCUT2D eigenvalue weighted by atomic mass is 79.9. The summed E-state index contributed by atoms with van der Waals surface area (Å²) in [5.74, 6) is -0.325. The highest BCUT2D eigenvalue weighted by Crippen LogP contribution is 2.27. The molecule has 0 aliphatic carbocycles. The summed E-state index contributed by atoms with van der Waals surface area (Å²) in [6.07, 6.45) is -0.196. The molecule has 1 fully saturated rings. The standard InChI is InChI=1S/C10H15BrN4O4S2/c1-6-5-19-8(3-11)4-15(6)21(17,18)10-14-13-9(20-10)12-7(2)16/h6,8H,3-5H2,1-2H3,(H,12,13,16). The number of halogens is 1. The minimum Gasteiger partial charge on any atom is -0.374 e. The third kappa shape index (κ3) is 3.77. The highest BCUT2D eigenvalue weighted by molar-refractivity contribution is 9.09. The van der Waals surface area contributed by atoms with Gasteiger partial charge in [0.25, 0.3) is 10.0 Å². The van der Waals surface area contributed by atoms with E-state index < -0.39 is 10.0 Å². The van der Waals surface area contributed by atoms with E-state index in [0.717, 1.165) is 11.3 Å². The van der Waals surface area contributed by atoms with Gasteiger partial charge in [-0.25, -0.2) is 8.42 Å². The number of hydrogen-bond donors (Lipinski definition) is 1. The average molecular weight is 399 g/mol. The van der Waals surface area contributed by atoms with Gasteiger partial charge in [0.1, 0.15) is 0 Å². The molecule has 1 saturated heterocycles. The van der Waals surface area contributed by atoms with Crippen molar-refractivity contribution in [2.45, 2.75) is 30.3 Å². The predicted molar refractivity (Wildman–Crippen MR) is 81.1 cm³/mol. The molecule has 1 aromatic heterocycles. The van der Waals surface area contributed by atoms with Crippen molar-refractivity contribution in [1.29, 1.82) is 0 Å². The third-order valence-electron chi connectivity index (χ3n) is 2.84. The molecule has 21 heavy (non-hydrogen) atoms. The number of carbonyl (C=O) groups is 1. The van der Waals surface area contributed by atoms with Crippen LogP contribution in [-0.2, 0) is 19.6 Å². The van der Waals surface area contributed by atoms with E-state index in [4.69, 9.17) is 4.74 Å². The fraction of sp³-hybridized carbons (Fsp3) is 0.700. The molecule has 1 aromatic rings. The number of carbonyl (C=O) groups excluding carboxylic acids is 1. The Morgan fingerprint density at radius 1 is 1.57 bits per heavy atom. The van der Waals surface area contributed by atoms with Gasteiger partial charge in [0.15, 0.2) is 0 Å². The lowest BCUT2D eigenvalue weighted by atomic mass is 10.2. The molecule has 0 saturated carbocycles. The summed E-state index contributed by atoms with van der Waals surface area (Å²) in [4.78, 5) is 11.0. The van der Waals surface area contributed by atoms with E-state index >= 15 is 0 Å². The van der Waals surface area contributed by atoms with Gasteiger partial charge in [-0.2, -0.15) is 4.31 Å². The largest absolute Gasteiger partial charge is 0.374 e. The van der Waals surface area contributed by atoms with Gasteiger partial charge in [-0.3, -0.25) is 4.79 Å². The van der Waals surface area contributed by atoms with Crippen molar-refractivity contribution in [3.05, 3.63) is 0 Å². The molecule has 0 bridgehead atoms. The first-order chi connectivity index (χ1) is 9.84. The van der Waals surface area contributed by atoms with Crippen LogP contribution in [-0.4, -0.2) is 59.5 Å². The average Bonchev–Trinajstić information content (AvgIpc) is 2.87. The van der Waals surface area contributed by atoms with Crippen LogP contribution in [0.25, 0.3) is 0 Å². The zero-order valence-electron chi connectivity index (χ0n) is 11.4. The molecule has 1 N–H and O–H groups in total. The second kappa shape index (κ2) is 6.65. The topological polar surface area (TPSA) is 101 Å². The number of morpholine rings is 1. The molecule has 0 aromatic carbocycles. The monoisotopic (exact) mass is 398 g/mol. The molecule has 8 nitrogen and oxygen atoms in total. The van der Waals surface area contributed by atoms with Crippen molar-refractivity contribution in [2.24, 2.45) is 0 Å². The van der Waals surface area contributed by atoms with Gasteiger partial charge in [0, 0.05) is 24.8 Å². The van der Waals surface area contributed by atoms with Gasteiger partial charge in [-0.15, -0.1) is 10.2 Å². The van der Waals surface area contributed by atoms with Crippen LogP contribution < -0.4 is 5.32 Å². The van der Waals surface area contributed by atoms with Crippen molar-refractivity contribution in [3.63, 3.8) is 0 Å². The number of rotatable bonds is 4. The summed E-state index contributed by atoms with van der Waals surface area (Å²) in [5.41, 5.74) is 0. The van der Waals surface area contributed by atoms with Crippen LogP contribution in [0.3, 0.4) is 0 Å². The summed E-state index contributed by atoms with van der Waals surface area (Å²) < 4.78 is 32.0. The first-order valence-electron chi connectivity index (χ1n) is 6.15. The minimum absolute atomic E-state index is 0.131. The van der Waals surface area contributed by atoms with Gasteiger partial charge < -0.3 is 10.1 Å². The van der Waals surface area contributed by atoms with Crippen molar-refractivity contribution in [1.82, 2.24) is 14.5 Å². The van der Waals surface area contributed by atoms with Gasteiger partial charge >= 0.3 is 0 Å². The van der Waals surface area contributed by atoms with Crippen LogP contribution in [0.4, 0.5) is 5.13 Å². The van der Waals surface area contributed by atoms with E-state index in [1.165, 1.54) is 11.2 Å². The van der Waals surface area contributed by atoms with Crippen molar-refractivity contribution in [3.8, 4) is 0 Å². The van der Waals surface area contributed by atoms with Gasteiger partial charge in [-0.05, 0) is 6.92 Å². The molecule has 1 aliphatic rings. The fourth-order valence-corrected chi connectivity index (χ4v) is 4.94. The number of nitrogens with one attached hydrogen (secondary N) is 1. The van der Waals surface area contributed by atoms with E-state index in [0.29, 0.717) is 11.9 Å². The molecule has 0 spiro atoms. The Hall–Kier alpha value is -0.620. The summed E-state index contributed by atoms with van der Waals surface area (Å²) in [5, 5.41) is 10.5. The minimum atomic E-state index is -3.74. The quantitative estimate of drug-likeness (QED) is 0.590. The van der Waals surface area contributed by atoms with Crippen molar-refractivity contribution in [2.75, 3.05) is 23.8 Å². The zero-order valence-corrected chi connectivity index (χ0v) is 14.7. The molecular weight excluding hydrogens is 384 g/mol. The second-order valence-electron chi connectivity index (χ2n) is 4.59. The molecule has 1 amide bonds. The smallest absolute Gasteiger partial charge is 0.272 e. The molecule has 2 rings (SSSR count). The summed E-state index contributed by atoms with van der Waals surface area (Å²) >= 11 is 4.13. The molecule has 2 unspecified atom stereocenters. The highest BCUT2D eigenvalue weighted by Gasteiger charge is 2.37. The molecule has 118 valence electrons. The van der Waals surface area contributed by atoms with Crippen molar-refractivity contribution >= 4 is 48.3 Å². The summed E-state index contributed by atoms with van der Waals surface area (Å²) in [6, 6.07) is -0.279. The Balaban J connectivity index is 2.23. The SMILES string of the molecule is CC(=O)Nc1nnc(S(=O)(=O)N2CC(CBr)OCC2C)s1. The van der Waals surface area contributed by atoms with E-state index in [9.17, 15) is 13.2 Å². The fourth-order valence-electron chi connectivity index (χ4n) is 1.84. The maximum Gasteiger partial charge on any atom is 0.272 e. The Morgan fingerprint density at radius 3 is 2.90 bits per heavy atom. The number of sulfonamides is 1. The maximum atomic E-state index is 12.6. The Morgan fingerprint density at radius 2 is 2.29 bits per heavy atom. The maximum absolute atomic E-state index is 12.6. The Kier molecular flexibility index (Phi) is 5.30. The number of ether oxygens (including phenoxy) is 1. The number of anilines is 1. The van der Waals surface area contributed by atoms with E-state index in [-0.39, 0.29) is 34.1 Å². The zero-order chi connectivity index (χ0) is 15.6. The predicted octanol–water partition coefficient (Wildman–Crippen LogP) is 0.669. The first kappa shape index (κ1) is 16.7. The van der Waals surface area contributed by atoms with E-state index in [1.807, 2.05) is 0 Å². The second-order valence-corrected chi connectivity index (χ2v) is 8.28. The molecule has 0 radical (unpaired) electrons. The molecule has 1 aliphatic heterocycles. The lowest BCUT2D eigenvalue weighted by Crippen LogP contribution is -2.51. The van der Waals surface area contributed by atoms with Gasteiger partial charge in [0.2, 0.25) is 15.4 Å². The Labute approximate surface area is 135 Å². The van der Waals surface area contributed by atoms with Crippen LogP contribution >= 0.6 is 27.3 Å². The van der Waals surface area contributed by atoms with Crippen LogP contribution in [0.2, 0.25) is 0 Å².